The molecule has 1 aromatic carbocycles. The van der Waals surface area contributed by atoms with Crippen molar-refractivity contribution in [2.24, 2.45) is 5.92 Å². The van der Waals surface area contributed by atoms with Crippen LogP contribution in [0.2, 0.25) is 0 Å². The van der Waals surface area contributed by atoms with Gasteiger partial charge in [-0.25, -0.2) is 4.39 Å². The van der Waals surface area contributed by atoms with E-state index in [9.17, 15) is 8.60 Å². The van der Waals surface area contributed by atoms with Gasteiger partial charge in [-0.2, -0.15) is 0 Å². The Balaban J connectivity index is 2.78. The molecule has 2 unspecified atom stereocenters. The van der Waals surface area contributed by atoms with Crippen LogP contribution in [0.4, 0.5) is 10.1 Å². The summed E-state index contributed by atoms with van der Waals surface area (Å²) in [5, 5.41) is 0. The van der Waals surface area contributed by atoms with E-state index in [-0.39, 0.29) is 5.69 Å². The van der Waals surface area contributed by atoms with E-state index in [0.717, 1.165) is 6.42 Å². The zero-order valence-corrected chi connectivity index (χ0v) is 9.81. The number of nitrogens with two attached hydrogens (primary N) is 1. The van der Waals surface area contributed by atoms with E-state index < -0.39 is 16.6 Å². The maximum atomic E-state index is 13.1. The first kappa shape index (κ1) is 12.2. The van der Waals surface area contributed by atoms with Crippen molar-refractivity contribution < 1.29 is 8.60 Å². The summed E-state index contributed by atoms with van der Waals surface area (Å²) >= 11 is 0. The molecule has 0 amide bonds. The monoisotopic (exact) mass is 229 g/mol. The summed E-state index contributed by atoms with van der Waals surface area (Å²) in [6.45, 7) is 4.08. The minimum absolute atomic E-state index is 0.0966. The quantitative estimate of drug-likeness (QED) is 0.806. The van der Waals surface area contributed by atoms with Crippen LogP contribution in [0.15, 0.2) is 23.1 Å². The molecule has 0 bridgehead atoms. The van der Waals surface area contributed by atoms with E-state index in [1.54, 1.807) is 6.07 Å². The Hall–Kier alpha value is -0.900. The van der Waals surface area contributed by atoms with Crippen LogP contribution in [0.25, 0.3) is 0 Å². The molecule has 0 saturated carbocycles. The fourth-order valence-corrected chi connectivity index (χ4v) is 2.52. The highest BCUT2D eigenvalue weighted by Crippen LogP contribution is 2.17. The first-order chi connectivity index (χ1) is 7.04. The van der Waals surface area contributed by atoms with Gasteiger partial charge in [-0.05, 0) is 24.1 Å². The minimum atomic E-state index is -1.13. The summed E-state index contributed by atoms with van der Waals surface area (Å²) in [5.41, 5.74) is 5.44. The number of halogens is 1. The molecule has 0 heterocycles. The van der Waals surface area contributed by atoms with E-state index in [0.29, 0.717) is 16.6 Å². The fraction of sp³-hybridized carbons (Fsp3) is 0.455. The van der Waals surface area contributed by atoms with Crippen molar-refractivity contribution in [1.82, 2.24) is 0 Å². The molecule has 0 aliphatic rings. The summed E-state index contributed by atoms with van der Waals surface area (Å²) in [5.74, 6) is 0.455. The van der Waals surface area contributed by atoms with Crippen LogP contribution in [0.5, 0.6) is 0 Å². The van der Waals surface area contributed by atoms with Gasteiger partial charge in [0.05, 0.1) is 16.5 Å². The molecule has 2 nitrogen and oxygen atoms in total. The third-order valence-electron chi connectivity index (χ3n) is 2.37. The predicted octanol–water partition coefficient (Wildman–Crippen LogP) is 2.56. The predicted molar refractivity (Wildman–Crippen MR) is 61.5 cm³/mol. The highest BCUT2D eigenvalue weighted by atomic mass is 32.2. The average molecular weight is 229 g/mol. The molecule has 0 saturated heterocycles. The van der Waals surface area contributed by atoms with Crippen molar-refractivity contribution in [1.29, 1.82) is 0 Å². The van der Waals surface area contributed by atoms with Gasteiger partial charge in [-0.15, -0.1) is 0 Å². The lowest BCUT2D eigenvalue weighted by molar-refractivity contribution is 0.612. The molecule has 0 aliphatic heterocycles. The van der Waals surface area contributed by atoms with Crippen LogP contribution >= 0.6 is 0 Å². The fourth-order valence-electron chi connectivity index (χ4n) is 1.12. The maximum Gasteiger partial charge on any atom is 0.147 e. The van der Waals surface area contributed by atoms with Gasteiger partial charge >= 0.3 is 0 Å². The number of anilines is 1. The van der Waals surface area contributed by atoms with Gasteiger partial charge in [-0.1, -0.05) is 20.3 Å². The zero-order chi connectivity index (χ0) is 11.4. The summed E-state index contributed by atoms with van der Waals surface area (Å²) in [6.07, 6.45) is 0.975. The van der Waals surface area contributed by atoms with Crippen molar-refractivity contribution in [2.75, 3.05) is 11.5 Å². The van der Waals surface area contributed by atoms with Gasteiger partial charge < -0.3 is 5.73 Å². The van der Waals surface area contributed by atoms with Gasteiger partial charge in [0.15, 0.2) is 0 Å². The Labute approximate surface area is 92.1 Å². The highest BCUT2D eigenvalue weighted by Gasteiger charge is 2.10. The molecule has 4 heteroatoms. The summed E-state index contributed by atoms with van der Waals surface area (Å²) in [6, 6.07) is 4.34. The van der Waals surface area contributed by atoms with Crippen molar-refractivity contribution in [3.05, 3.63) is 24.0 Å². The molecule has 0 aliphatic carbocycles. The third kappa shape index (κ3) is 3.30. The minimum Gasteiger partial charge on any atom is -0.396 e. The van der Waals surface area contributed by atoms with Crippen molar-refractivity contribution in [3.8, 4) is 0 Å². The molecule has 0 spiro atoms. The smallest absolute Gasteiger partial charge is 0.147 e. The van der Waals surface area contributed by atoms with E-state index in [2.05, 4.69) is 0 Å². The lowest BCUT2D eigenvalue weighted by Crippen LogP contribution is -2.07. The first-order valence-corrected chi connectivity index (χ1v) is 6.30. The second-order valence-corrected chi connectivity index (χ2v) is 5.20. The Kier molecular flexibility index (Phi) is 4.27. The molecule has 0 radical (unpaired) electrons. The first-order valence-electron chi connectivity index (χ1n) is 4.98. The number of rotatable bonds is 4. The Bertz CT molecular complexity index is 368. The largest absolute Gasteiger partial charge is 0.396 e. The molecule has 15 heavy (non-hydrogen) atoms. The third-order valence-corrected chi connectivity index (χ3v) is 4.02. The van der Waals surface area contributed by atoms with Crippen LogP contribution < -0.4 is 5.73 Å². The van der Waals surface area contributed by atoms with Crippen molar-refractivity contribution in [3.63, 3.8) is 0 Å². The molecular formula is C11H16FNOS. The van der Waals surface area contributed by atoms with Crippen LogP contribution in [0.3, 0.4) is 0 Å². The van der Waals surface area contributed by atoms with E-state index in [4.69, 9.17) is 5.73 Å². The Morgan fingerprint density at radius 2 is 2.20 bits per heavy atom. The standard InChI is InChI=1S/C11H16FNOS/c1-3-8(2)7-15(14)9-4-5-11(13)10(12)6-9/h4-6,8H,3,7,13H2,1-2H3. The van der Waals surface area contributed by atoms with Gasteiger partial charge in [0.1, 0.15) is 5.82 Å². The molecule has 0 aromatic heterocycles. The molecule has 1 aromatic rings. The Morgan fingerprint density at radius 1 is 1.53 bits per heavy atom. The summed E-state index contributed by atoms with van der Waals surface area (Å²) in [7, 11) is -1.13. The molecule has 1 rings (SSSR count). The van der Waals surface area contributed by atoms with Gasteiger partial charge in [0, 0.05) is 10.6 Å². The number of hydrogen-bond acceptors (Lipinski definition) is 2. The van der Waals surface area contributed by atoms with Crippen LogP contribution in [0, 0.1) is 11.7 Å². The topological polar surface area (TPSA) is 43.1 Å². The maximum absolute atomic E-state index is 13.1. The molecule has 0 fully saturated rings. The van der Waals surface area contributed by atoms with E-state index >= 15 is 0 Å². The van der Waals surface area contributed by atoms with E-state index in [1.807, 2.05) is 13.8 Å². The van der Waals surface area contributed by atoms with Crippen molar-refractivity contribution >= 4 is 16.5 Å². The Morgan fingerprint density at radius 3 is 2.73 bits per heavy atom. The normalized spacial score (nSPS) is 14.9. The van der Waals surface area contributed by atoms with Crippen LogP contribution in [-0.2, 0) is 10.8 Å². The second kappa shape index (κ2) is 5.26. The molecule has 2 atom stereocenters. The number of hydrogen-bond donors (Lipinski definition) is 1. The van der Waals surface area contributed by atoms with Gasteiger partial charge in [0.2, 0.25) is 0 Å². The molecule has 84 valence electrons. The van der Waals surface area contributed by atoms with E-state index in [1.165, 1.54) is 12.1 Å². The zero-order valence-electron chi connectivity index (χ0n) is 9.00. The summed E-state index contributed by atoms with van der Waals surface area (Å²) < 4.78 is 24.9. The van der Waals surface area contributed by atoms with Crippen molar-refractivity contribution in [2.45, 2.75) is 25.2 Å². The van der Waals surface area contributed by atoms with Crippen LogP contribution in [0.1, 0.15) is 20.3 Å². The summed E-state index contributed by atoms with van der Waals surface area (Å²) in [4.78, 5) is 0.516. The van der Waals surface area contributed by atoms with Gasteiger partial charge in [0.25, 0.3) is 0 Å². The molecule has 2 N–H and O–H groups in total. The lowest BCUT2D eigenvalue weighted by Gasteiger charge is -2.08. The van der Waals surface area contributed by atoms with Crippen LogP contribution in [-0.4, -0.2) is 9.96 Å². The SMILES string of the molecule is CCC(C)CS(=O)c1ccc(N)c(F)c1. The lowest BCUT2D eigenvalue weighted by atomic mass is 10.2. The average Bonchev–Trinajstić information content (AvgIpc) is 2.21. The number of nitrogen functional groups attached to an aromatic ring is 1. The molecular weight excluding hydrogens is 213 g/mol. The second-order valence-electron chi connectivity index (χ2n) is 3.71. The van der Waals surface area contributed by atoms with Gasteiger partial charge in [-0.3, -0.25) is 4.21 Å². The highest BCUT2D eigenvalue weighted by molar-refractivity contribution is 7.85. The number of benzene rings is 1.